The molecule has 2 nitrogen and oxygen atoms in total. The van der Waals surface area contributed by atoms with Crippen molar-refractivity contribution in [3.63, 3.8) is 0 Å². The summed E-state index contributed by atoms with van der Waals surface area (Å²) in [7, 11) is 1.59. The number of methoxy groups -OCH3 is 1. The summed E-state index contributed by atoms with van der Waals surface area (Å²) >= 11 is 3.36. The van der Waals surface area contributed by atoms with Gasteiger partial charge in [0.15, 0.2) is 0 Å². The molecule has 0 saturated carbocycles. The van der Waals surface area contributed by atoms with Gasteiger partial charge in [-0.25, -0.2) is 0 Å². The predicted octanol–water partition coefficient (Wildman–Crippen LogP) is 2.26. The maximum Gasteiger partial charge on any atom is 0.138 e. The number of ether oxygens (including phenoxy) is 1. The molecule has 0 heterocycles. The van der Waals surface area contributed by atoms with Crippen LogP contribution >= 0.6 is 15.9 Å². The number of hydrogen-bond acceptors (Lipinski definition) is 2. The standard InChI is InChI=1S/C9H11BrO2/c1-6-3-7(5-11)9(12-2)8(10)4-6/h3-4,11H,5H2,1-2H3. The highest BCUT2D eigenvalue weighted by molar-refractivity contribution is 9.10. The Bertz CT molecular complexity index is 284. The SMILES string of the molecule is COc1c(Br)cc(C)cc1CO. The molecule has 0 spiro atoms. The number of rotatable bonds is 2. The fourth-order valence-electron chi connectivity index (χ4n) is 1.15. The van der Waals surface area contributed by atoms with Gasteiger partial charge in [0.2, 0.25) is 0 Å². The zero-order chi connectivity index (χ0) is 9.14. The molecule has 0 amide bonds. The van der Waals surface area contributed by atoms with Crippen LogP contribution in [0.25, 0.3) is 0 Å². The molecule has 0 aliphatic heterocycles. The van der Waals surface area contributed by atoms with Crippen LogP contribution in [0.2, 0.25) is 0 Å². The summed E-state index contributed by atoms with van der Waals surface area (Å²) in [6, 6.07) is 3.86. The maximum absolute atomic E-state index is 9.00. The van der Waals surface area contributed by atoms with Crippen molar-refractivity contribution in [2.75, 3.05) is 7.11 Å². The van der Waals surface area contributed by atoms with E-state index < -0.39 is 0 Å². The molecule has 66 valence electrons. The van der Waals surface area contributed by atoms with Crippen LogP contribution in [0.15, 0.2) is 16.6 Å². The van der Waals surface area contributed by atoms with Gasteiger partial charge < -0.3 is 9.84 Å². The molecule has 0 saturated heterocycles. The predicted molar refractivity (Wildman–Crippen MR) is 51.4 cm³/mol. The van der Waals surface area contributed by atoms with Gasteiger partial charge in [-0.3, -0.25) is 0 Å². The molecule has 1 aromatic rings. The smallest absolute Gasteiger partial charge is 0.138 e. The van der Waals surface area contributed by atoms with E-state index in [0.717, 1.165) is 15.6 Å². The topological polar surface area (TPSA) is 29.5 Å². The van der Waals surface area contributed by atoms with Crippen LogP contribution in [0.1, 0.15) is 11.1 Å². The largest absolute Gasteiger partial charge is 0.495 e. The van der Waals surface area contributed by atoms with Gasteiger partial charge in [-0.15, -0.1) is 0 Å². The summed E-state index contributed by atoms with van der Waals surface area (Å²) in [6.45, 7) is 1.98. The van der Waals surface area contributed by atoms with Crippen molar-refractivity contribution in [2.24, 2.45) is 0 Å². The molecule has 0 aliphatic rings. The molecule has 0 unspecified atom stereocenters. The van der Waals surface area contributed by atoms with E-state index in [0.29, 0.717) is 5.75 Å². The summed E-state index contributed by atoms with van der Waals surface area (Å²) in [5, 5.41) is 9.00. The van der Waals surface area contributed by atoms with Crippen molar-refractivity contribution in [1.29, 1.82) is 0 Å². The van der Waals surface area contributed by atoms with Crippen molar-refractivity contribution in [3.8, 4) is 5.75 Å². The Balaban J connectivity index is 3.24. The third kappa shape index (κ3) is 1.79. The first kappa shape index (κ1) is 9.55. The van der Waals surface area contributed by atoms with Gasteiger partial charge in [0.05, 0.1) is 18.2 Å². The lowest BCUT2D eigenvalue weighted by atomic mass is 10.1. The second-order valence-corrected chi connectivity index (χ2v) is 3.45. The lowest BCUT2D eigenvalue weighted by Crippen LogP contribution is -1.93. The zero-order valence-corrected chi connectivity index (χ0v) is 8.68. The van der Waals surface area contributed by atoms with Crippen molar-refractivity contribution < 1.29 is 9.84 Å². The lowest BCUT2D eigenvalue weighted by Gasteiger charge is -2.09. The van der Waals surface area contributed by atoms with Crippen molar-refractivity contribution in [1.82, 2.24) is 0 Å². The molecule has 1 rings (SSSR count). The summed E-state index contributed by atoms with van der Waals surface area (Å²) in [5.41, 5.74) is 1.91. The van der Waals surface area contributed by atoms with Crippen LogP contribution in [0.5, 0.6) is 5.75 Å². The minimum Gasteiger partial charge on any atom is -0.495 e. The van der Waals surface area contributed by atoms with E-state index in [4.69, 9.17) is 9.84 Å². The van der Waals surface area contributed by atoms with Crippen molar-refractivity contribution in [2.45, 2.75) is 13.5 Å². The van der Waals surface area contributed by atoms with Gasteiger partial charge in [-0.05, 0) is 40.5 Å². The molecule has 0 fully saturated rings. The Labute approximate surface area is 80.3 Å². The van der Waals surface area contributed by atoms with Crippen LogP contribution in [0, 0.1) is 6.92 Å². The Morgan fingerprint density at radius 2 is 2.17 bits per heavy atom. The van der Waals surface area contributed by atoms with E-state index in [1.807, 2.05) is 19.1 Å². The second kappa shape index (κ2) is 3.92. The average molecular weight is 231 g/mol. The molecule has 0 aliphatic carbocycles. The summed E-state index contributed by atoms with van der Waals surface area (Å²) in [6.07, 6.45) is 0. The van der Waals surface area contributed by atoms with Crippen LogP contribution in [0.3, 0.4) is 0 Å². The monoisotopic (exact) mass is 230 g/mol. The maximum atomic E-state index is 9.00. The van der Waals surface area contributed by atoms with Crippen molar-refractivity contribution >= 4 is 15.9 Å². The number of aryl methyl sites for hydroxylation is 1. The van der Waals surface area contributed by atoms with E-state index >= 15 is 0 Å². The van der Waals surface area contributed by atoms with Gasteiger partial charge in [-0.1, -0.05) is 0 Å². The highest BCUT2D eigenvalue weighted by atomic mass is 79.9. The first-order chi connectivity index (χ1) is 5.69. The highest BCUT2D eigenvalue weighted by Crippen LogP contribution is 2.30. The number of benzene rings is 1. The van der Waals surface area contributed by atoms with E-state index in [2.05, 4.69) is 15.9 Å². The minimum absolute atomic E-state index is 0.00343. The molecular weight excluding hydrogens is 220 g/mol. The number of halogens is 1. The van der Waals surface area contributed by atoms with Crippen molar-refractivity contribution in [3.05, 3.63) is 27.7 Å². The molecule has 0 radical (unpaired) electrons. The Morgan fingerprint density at radius 1 is 1.50 bits per heavy atom. The first-order valence-corrected chi connectivity index (χ1v) is 4.42. The van der Waals surface area contributed by atoms with Gasteiger partial charge in [0.25, 0.3) is 0 Å². The van der Waals surface area contributed by atoms with Crippen LogP contribution in [-0.2, 0) is 6.61 Å². The quantitative estimate of drug-likeness (QED) is 0.845. The Hall–Kier alpha value is -0.540. The number of aliphatic hydroxyl groups excluding tert-OH is 1. The zero-order valence-electron chi connectivity index (χ0n) is 7.10. The molecular formula is C9H11BrO2. The van der Waals surface area contributed by atoms with E-state index in [-0.39, 0.29) is 6.61 Å². The number of aliphatic hydroxyl groups is 1. The summed E-state index contributed by atoms with van der Waals surface area (Å²) in [4.78, 5) is 0. The molecule has 1 N–H and O–H groups in total. The van der Waals surface area contributed by atoms with Gasteiger partial charge in [-0.2, -0.15) is 0 Å². The Morgan fingerprint density at radius 3 is 2.67 bits per heavy atom. The van der Waals surface area contributed by atoms with Gasteiger partial charge >= 0.3 is 0 Å². The van der Waals surface area contributed by atoms with Crippen LogP contribution in [-0.4, -0.2) is 12.2 Å². The lowest BCUT2D eigenvalue weighted by molar-refractivity contribution is 0.273. The van der Waals surface area contributed by atoms with Crippen LogP contribution < -0.4 is 4.74 Å². The first-order valence-electron chi connectivity index (χ1n) is 3.63. The fourth-order valence-corrected chi connectivity index (χ4v) is 1.92. The normalized spacial score (nSPS) is 10.0. The van der Waals surface area contributed by atoms with Gasteiger partial charge in [0.1, 0.15) is 5.75 Å². The third-order valence-electron chi connectivity index (χ3n) is 1.64. The third-order valence-corrected chi connectivity index (χ3v) is 2.23. The fraction of sp³-hybridized carbons (Fsp3) is 0.333. The van der Waals surface area contributed by atoms with Gasteiger partial charge in [0, 0.05) is 5.56 Å². The number of hydrogen-bond donors (Lipinski definition) is 1. The summed E-state index contributed by atoms with van der Waals surface area (Å²) in [5.74, 6) is 0.711. The molecule has 0 atom stereocenters. The van der Waals surface area contributed by atoms with E-state index in [1.165, 1.54) is 0 Å². The molecule has 0 bridgehead atoms. The Kier molecular flexibility index (Phi) is 3.12. The summed E-state index contributed by atoms with van der Waals surface area (Å²) < 4.78 is 6.00. The average Bonchev–Trinajstić information content (AvgIpc) is 2.03. The molecule has 0 aromatic heterocycles. The molecule has 1 aromatic carbocycles. The molecule has 3 heteroatoms. The second-order valence-electron chi connectivity index (χ2n) is 2.60. The highest BCUT2D eigenvalue weighted by Gasteiger charge is 2.06. The van der Waals surface area contributed by atoms with Crippen LogP contribution in [0.4, 0.5) is 0 Å². The minimum atomic E-state index is 0.00343. The van der Waals surface area contributed by atoms with E-state index in [9.17, 15) is 0 Å². The van der Waals surface area contributed by atoms with E-state index in [1.54, 1.807) is 7.11 Å². The molecule has 12 heavy (non-hydrogen) atoms.